The molecular formula is C28H33FN2O4S. The van der Waals surface area contributed by atoms with E-state index >= 15 is 0 Å². The van der Waals surface area contributed by atoms with Crippen LogP contribution in [0.3, 0.4) is 0 Å². The Morgan fingerprint density at radius 2 is 1.72 bits per heavy atom. The number of nitrogens with zero attached hydrogens (tertiary/aromatic N) is 2. The minimum absolute atomic E-state index is 0.0373. The van der Waals surface area contributed by atoms with Gasteiger partial charge in [0.2, 0.25) is 5.91 Å². The molecule has 0 atom stereocenters. The zero-order valence-corrected chi connectivity index (χ0v) is 22.2. The second-order valence-electron chi connectivity index (χ2n) is 8.77. The van der Waals surface area contributed by atoms with Crippen LogP contribution in [-0.2, 0) is 17.8 Å². The number of thiophene rings is 1. The first kappa shape index (κ1) is 27.2. The SMILES string of the molecule is COc1ccc(CCN(Cc2ccc(C)s2)C(=O)CN(C(=O)c2ccccc2F)C(C)C)cc1OC. The molecule has 0 aliphatic carbocycles. The Labute approximate surface area is 216 Å². The molecule has 0 bridgehead atoms. The monoisotopic (exact) mass is 512 g/mol. The van der Waals surface area contributed by atoms with Crippen molar-refractivity contribution in [1.82, 2.24) is 9.80 Å². The van der Waals surface area contributed by atoms with Crippen molar-refractivity contribution < 1.29 is 23.5 Å². The van der Waals surface area contributed by atoms with Gasteiger partial charge in [0.05, 0.1) is 26.3 Å². The average Bonchev–Trinajstić information content (AvgIpc) is 3.28. The van der Waals surface area contributed by atoms with E-state index < -0.39 is 11.7 Å². The molecule has 0 N–H and O–H groups in total. The second-order valence-corrected chi connectivity index (χ2v) is 10.1. The van der Waals surface area contributed by atoms with E-state index in [1.54, 1.807) is 36.5 Å². The Kier molecular flexibility index (Phi) is 9.47. The van der Waals surface area contributed by atoms with Gasteiger partial charge in [-0.3, -0.25) is 9.59 Å². The number of hydrogen-bond donors (Lipinski definition) is 0. The smallest absolute Gasteiger partial charge is 0.257 e. The first-order valence-electron chi connectivity index (χ1n) is 11.8. The molecule has 36 heavy (non-hydrogen) atoms. The normalized spacial score (nSPS) is 10.9. The van der Waals surface area contributed by atoms with Crippen LogP contribution in [0.1, 0.15) is 39.5 Å². The summed E-state index contributed by atoms with van der Waals surface area (Å²) in [6.07, 6.45) is 0.597. The van der Waals surface area contributed by atoms with Crippen molar-refractivity contribution in [2.75, 3.05) is 27.3 Å². The van der Waals surface area contributed by atoms with E-state index in [9.17, 15) is 14.0 Å². The Bertz CT molecular complexity index is 1190. The number of halogens is 1. The molecule has 2 amide bonds. The lowest BCUT2D eigenvalue weighted by Gasteiger charge is -2.30. The predicted octanol–water partition coefficient (Wildman–Crippen LogP) is 5.33. The van der Waals surface area contributed by atoms with Crippen LogP contribution in [-0.4, -0.2) is 55.0 Å². The summed E-state index contributed by atoms with van der Waals surface area (Å²) in [5.74, 6) is -0.0196. The van der Waals surface area contributed by atoms with Gasteiger partial charge in [-0.15, -0.1) is 11.3 Å². The Hall–Kier alpha value is -3.39. The first-order valence-corrected chi connectivity index (χ1v) is 12.6. The van der Waals surface area contributed by atoms with E-state index in [4.69, 9.17) is 9.47 Å². The number of carbonyl (C=O) groups is 2. The fourth-order valence-electron chi connectivity index (χ4n) is 3.87. The molecule has 8 heteroatoms. The summed E-state index contributed by atoms with van der Waals surface area (Å²) >= 11 is 1.64. The van der Waals surface area contributed by atoms with Gasteiger partial charge in [0, 0.05) is 22.3 Å². The topological polar surface area (TPSA) is 59.1 Å². The highest BCUT2D eigenvalue weighted by molar-refractivity contribution is 7.11. The van der Waals surface area contributed by atoms with E-state index in [1.165, 1.54) is 23.1 Å². The Morgan fingerprint density at radius 1 is 1.00 bits per heavy atom. The number of benzene rings is 2. The van der Waals surface area contributed by atoms with Gasteiger partial charge in [-0.1, -0.05) is 18.2 Å². The molecule has 1 heterocycles. The zero-order chi connectivity index (χ0) is 26.2. The fourth-order valence-corrected chi connectivity index (χ4v) is 4.78. The summed E-state index contributed by atoms with van der Waals surface area (Å²) in [5, 5.41) is 0. The van der Waals surface area contributed by atoms with E-state index in [2.05, 4.69) is 0 Å². The van der Waals surface area contributed by atoms with Crippen molar-refractivity contribution >= 4 is 23.2 Å². The quantitative estimate of drug-likeness (QED) is 0.348. The van der Waals surface area contributed by atoms with Crippen LogP contribution in [0.2, 0.25) is 0 Å². The molecule has 2 aromatic carbocycles. The molecule has 0 aliphatic rings. The largest absolute Gasteiger partial charge is 0.493 e. The summed E-state index contributed by atoms with van der Waals surface area (Å²) in [5.41, 5.74) is 0.959. The van der Waals surface area contributed by atoms with Crippen LogP contribution >= 0.6 is 11.3 Å². The highest BCUT2D eigenvalue weighted by atomic mass is 32.1. The molecule has 0 saturated carbocycles. The van der Waals surface area contributed by atoms with Gasteiger partial charge in [-0.05, 0) is 69.2 Å². The second kappa shape index (κ2) is 12.5. The minimum atomic E-state index is -0.597. The summed E-state index contributed by atoms with van der Waals surface area (Å²) in [4.78, 5) is 32.1. The maximum Gasteiger partial charge on any atom is 0.257 e. The van der Waals surface area contributed by atoms with Gasteiger partial charge in [0.25, 0.3) is 5.91 Å². The van der Waals surface area contributed by atoms with Crippen LogP contribution in [0, 0.1) is 12.7 Å². The van der Waals surface area contributed by atoms with Crippen LogP contribution in [0.4, 0.5) is 4.39 Å². The standard InChI is InChI=1S/C28H33FN2O4S/c1-19(2)31(28(33)23-8-6-7-9-24(23)29)18-27(32)30(17-22-12-10-20(3)36-22)15-14-21-11-13-25(34-4)26(16-21)35-5/h6-13,16,19H,14-15,17-18H2,1-5H3. The molecule has 0 saturated heterocycles. The summed E-state index contributed by atoms with van der Waals surface area (Å²) in [6.45, 7) is 6.42. The fraction of sp³-hybridized carbons (Fsp3) is 0.357. The van der Waals surface area contributed by atoms with Gasteiger partial charge in [0.15, 0.2) is 11.5 Å². The third-order valence-corrected chi connectivity index (χ3v) is 6.89. The van der Waals surface area contributed by atoms with Crippen molar-refractivity contribution in [3.8, 4) is 11.5 Å². The maximum absolute atomic E-state index is 14.3. The molecule has 1 aromatic heterocycles. The highest BCUT2D eigenvalue weighted by Gasteiger charge is 2.26. The molecule has 0 aliphatic heterocycles. The minimum Gasteiger partial charge on any atom is -0.493 e. The average molecular weight is 513 g/mol. The third-order valence-electron chi connectivity index (χ3n) is 5.91. The molecule has 0 unspecified atom stereocenters. The summed E-state index contributed by atoms with van der Waals surface area (Å²) in [6, 6.07) is 15.3. The van der Waals surface area contributed by atoms with Crippen LogP contribution in [0.15, 0.2) is 54.6 Å². The molecule has 0 spiro atoms. The number of amides is 2. The van der Waals surface area contributed by atoms with Gasteiger partial charge in [-0.2, -0.15) is 0 Å². The Morgan fingerprint density at radius 3 is 2.33 bits per heavy atom. The van der Waals surface area contributed by atoms with Gasteiger partial charge in [-0.25, -0.2) is 4.39 Å². The number of hydrogen-bond acceptors (Lipinski definition) is 5. The lowest BCUT2D eigenvalue weighted by molar-refractivity contribution is -0.132. The summed E-state index contributed by atoms with van der Waals surface area (Å²) in [7, 11) is 3.17. The van der Waals surface area contributed by atoms with Gasteiger partial charge < -0.3 is 19.3 Å². The molecule has 192 valence electrons. The Balaban J connectivity index is 1.80. The molecule has 3 rings (SSSR count). The highest BCUT2D eigenvalue weighted by Crippen LogP contribution is 2.28. The molecule has 0 radical (unpaired) electrons. The summed E-state index contributed by atoms with van der Waals surface area (Å²) < 4.78 is 25.0. The molecular weight excluding hydrogens is 479 g/mol. The predicted molar refractivity (Wildman–Crippen MR) is 140 cm³/mol. The van der Waals surface area contributed by atoms with Crippen LogP contribution in [0.5, 0.6) is 11.5 Å². The van der Waals surface area contributed by atoms with Crippen molar-refractivity contribution in [3.63, 3.8) is 0 Å². The lowest BCUT2D eigenvalue weighted by atomic mass is 10.1. The van der Waals surface area contributed by atoms with Crippen molar-refractivity contribution in [3.05, 3.63) is 81.3 Å². The molecule has 0 fully saturated rings. The van der Waals surface area contributed by atoms with Crippen LogP contribution < -0.4 is 9.47 Å². The molecule has 6 nitrogen and oxygen atoms in total. The van der Waals surface area contributed by atoms with E-state index in [-0.39, 0.29) is 24.1 Å². The number of methoxy groups -OCH3 is 2. The van der Waals surface area contributed by atoms with Crippen LogP contribution in [0.25, 0.3) is 0 Å². The number of aryl methyl sites for hydroxylation is 1. The number of rotatable bonds is 11. The van der Waals surface area contributed by atoms with Gasteiger partial charge in [0.1, 0.15) is 12.4 Å². The molecule has 3 aromatic rings. The van der Waals surface area contributed by atoms with E-state index in [0.717, 1.165) is 15.3 Å². The van der Waals surface area contributed by atoms with E-state index in [1.807, 2.05) is 51.1 Å². The maximum atomic E-state index is 14.3. The first-order chi connectivity index (χ1) is 17.2. The van der Waals surface area contributed by atoms with Crippen molar-refractivity contribution in [2.24, 2.45) is 0 Å². The number of carbonyl (C=O) groups excluding carboxylic acids is 2. The van der Waals surface area contributed by atoms with E-state index in [0.29, 0.717) is 31.0 Å². The zero-order valence-electron chi connectivity index (χ0n) is 21.4. The van der Waals surface area contributed by atoms with Crippen molar-refractivity contribution in [2.45, 2.75) is 39.8 Å². The number of ether oxygens (including phenoxy) is 2. The third kappa shape index (κ3) is 6.85. The van der Waals surface area contributed by atoms with Crippen molar-refractivity contribution in [1.29, 1.82) is 0 Å². The lowest BCUT2D eigenvalue weighted by Crippen LogP contribution is -2.46. The van der Waals surface area contributed by atoms with Gasteiger partial charge >= 0.3 is 0 Å².